The fourth-order valence-corrected chi connectivity index (χ4v) is 0.204. The van der Waals surface area contributed by atoms with Crippen molar-refractivity contribution in [3.8, 4) is 0 Å². The van der Waals surface area contributed by atoms with Gasteiger partial charge in [0.15, 0.2) is 0 Å². The Morgan fingerprint density at radius 1 is 1.00 bits per heavy atom. The minimum atomic E-state index is 0. The van der Waals surface area contributed by atoms with Gasteiger partial charge in [-0.15, -0.1) is 0 Å². The van der Waals surface area contributed by atoms with E-state index in [0.29, 0.717) is 0 Å². The molecule has 0 aromatic carbocycles. The van der Waals surface area contributed by atoms with Gasteiger partial charge in [0, 0.05) is 13.2 Å². The zero-order valence-electron chi connectivity index (χ0n) is 4.53. The molecule has 48 valence electrons. The van der Waals surface area contributed by atoms with Crippen molar-refractivity contribution in [1.29, 1.82) is 0 Å². The van der Waals surface area contributed by atoms with Crippen molar-refractivity contribution in [1.82, 2.24) is 0 Å². The predicted molar refractivity (Wildman–Crippen MR) is 44.8 cm³/mol. The molecule has 0 heterocycles. The van der Waals surface area contributed by atoms with E-state index in [1.54, 1.807) is 0 Å². The molecule has 0 radical (unpaired) electrons. The summed E-state index contributed by atoms with van der Waals surface area (Å²) < 4.78 is 4.83. The number of rotatable bonds is 2. The summed E-state index contributed by atoms with van der Waals surface area (Å²) in [6, 6.07) is 0. The SMILES string of the molecule is CCOCC.[BH4-].[BH4-].[Zn+2]. The van der Waals surface area contributed by atoms with E-state index in [9.17, 15) is 0 Å². The third kappa shape index (κ3) is 29.8. The molecule has 0 aliphatic rings. The van der Waals surface area contributed by atoms with Crippen molar-refractivity contribution in [2.75, 3.05) is 13.2 Å². The molecule has 8 heavy (non-hydrogen) atoms. The van der Waals surface area contributed by atoms with Crippen LogP contribution in [-0.4, -0.2) is 30.0 Å². The van der Waals surface area contributed by atoms with Crippen LogP contribution in [-0.2, 0) is 24.2 Å². The third-order valence-electron chi connectivity index (χ3n) is 0.408. The molecule has 0 saturated heterocycles. The van der Waals surface area contributed by atoms with Gasteiger partial charge >= 0.3 is 19.5 Å². The number of ether oxygens (including phenoxy) is 1. The molecular weight excluding hydrogens is 151 g/mol. The Kier molecular flexibility index (Phi) is 73.5. The first-order valence-corrected chi connectivity index (χ1v) is 1.99. The van der Waals surface area contributed by atoms with E-state index in [2.05, 4.69) is 0 Å². The van der Waals surface area contributed by atoms with Gasteiger partial charge in [0.05, 0.1) is 0 Å². The fourth-order valence-electron chi connectivity index (χ4n) is 0.204. The average molecular weight is 169 g/mol. The second kappa shape index (κ2) is 25.2. The van der Waals surface area contributed by atoms with Gasteiger partial charge in [-0.2, -0.15) is 0 Å². The molecule has 0 unspecified atom stereocenters. The molecule has 0 aliphatic heterocycles. The minimum absolute atomic E-state index is 0. The van der Waals surface area contributed by atoms with E-state index in [1.807, 2.05) is 13.8 Å². The van der Waals surface area contributed by atoms with Gasteiger partial charge in [0.25, 0.3) is 0 Å². The minimum Gasteiger partial charge on any atom is -0.382 e. The maximum absolute atomic E-state index is 4.83. The van der Waals surface area contributed by atoms with Crippen molar-refractivity contribution < 1.29 is 24.2 Å². The van der Waals surface area contributed by atoms with E-state index in [0.717, 1.165) is 13.2 Å². The van der Waals surface area contributed by atoms with E-state index in [-0.39, 0.29) is 36.3 Å². The van der Waals surface area contributed by atoms with Gasteiger partial charge in [-0.05, 0) is 13.8 Å². The normalized spacial score (nSPS) is 5.25. The van der Waals surface area contributed by atoms with Crippen molar-refractivity contribution in [2.24, 2.45) is 0 Å². The van der Waals surface area contributed by atoms with E-state index in [1.165, 1.54) is 0 Å². The summed E-state index contributed by atoms with van der Waals surface area (Å²) in [4.78, 5) is 0. The van der Waals surface area contributed by atoms with Gasteiger partial charge in [-0.1, -0.05) is 16.8 Å². The Bertz CT molecular complexity index is 21.5. The molecule has 0 saturated carbocycles. The molecule has 0 aromatic rings. The fraction of sp³-hybridized carbons (Fsp3) is 1.00. The zero-order valence-corrected chi connectivity index (χ0v) is 7.50. The maximum Gasteiger partial charge on any atom is 2.00 e. The predicted octanol–water partition coefficient (Wildman–Crippen LogP) is -1.86. The second-order valence-corrected chi connectivity index (χ2v) is 0.781. The number of hydrogen-bond donors (Lipinski definition) is 0. The van der Waals surface area contributed by atoms with Gasteiger partial charge < -0.3 is 4.74 Å². The third-order valence-corrected chi connectivity index (χ3v) is 0.408. The molecule has 0 fully saturated rings. The summed E-state index contributed by atoms with van der Waals surface area (Å²) in [5, 5.41) is 0. The number of hydrogen-bond acceptors (Lipinski definition) is 1. The quantitative estimate of drug-likeness (QED) is 0.440. The van der Waals surface area contributed by atoms with Crippen LogP contribution in [0.25, 0.3) is 0 Å². The molecule has 0 aromatic heterocycles. The molecule has 0 N–H and O–H groups in total. The second-order valence-electron chi connectivity index (χ2n) is 0.781. The van der Waals surface area contributed by atoms with Crippen LogP contribution in [0.4, 0.5) is 0 Å². The van der Waals surface area contributed by atoms with Crippen molar-refractivity contribution >= 4 is 16.8 Å². The topological polar surface area (TPSA) is 9.23 Å². The molecule has 0 spiro atoms. The molecule has 0 rings (SSSR count). The van der Waals surface area contributed by atoms with Crippen molar-refractivity contribution in [3.05, 3.63) is 0 Å². The van der Waals surface area contributed by atoms with E-state index >= 15 is 0 Å². The van der Waals surface area contributed by atoms with Crippen LogP contribution in [0.5, 0.6) is 0 Å². The van der Waals surface area contributed by atoms with Crippen molar-refractivity contribution in [3.63, 3.8) is 0 Å². The van der Waals surface area contributed by atoms with Gasteiger partial charge in [0.1, 0.15) is 0 Å². The molecule has 1 nitrogen and oxygen atoms in total. The molecule has 0 amide bonds. The summed E-state index contributed by atoms with van der Waals surface area (Å²) in [5.41, 5.74) is 0. The molecule has 0 aliphatic carbocycles. The molecule has 0 bridgehead atoms. The Balaban J connectivity index is -0.0000000267. The van der Waals surface area contributed by atoms with Crippen LogP contribution >= 0.6 is 0 Å². The first kappa shape index (κ1) is 23.3. The molecule has 4 heteroatoms. The monoisotopic (exact) mass is 168 g/mol. The first-order chi connectivity index (χ1) is 2.41. The van der Waals surface area contributed by atoms with Gasteiger partial charge in [-0.3, -0.25) is 0 Å². The van der Waals surface area contributed by atoms with Crippen LogP contribution in [0, 0.1) is 0 Å². The van der Waals surface area contributed by atoms with Crippen LogP contribution in [0.1, 0.15) is 13.8 Å². The standard InChI is InChI=1S/C4H10O.2BH4.Zn/c1-3-5-4-2;;;/h3-4H2,1-2H3;2*1H4;/q;2*-1;+2. The molecular formula is C4H18B2OZn. The Morgan fingerprint density at radius 3 is 1.25 bits per heavy atom. The largest absolute Gasteiger partial charge is 2.00 e. The van der Waals surface area contributed by atoms with Crippen molar-refractivity contribution in [2.45, 2.75) is 13.8 Å². The summed E-state index contributed by atoms with van der Waals surface area (Å²) >= 11 is 0. The van der Waals surface area contributed by atoms with E-state index < -0.39 is 0 Å². The van der Waals surface area contributed by atoms with Crippen LogP contribution < -0.4 is 0 Å². The smallest absolute Gasteiger partial charge is 0.382 e. The Hall–Kier alpha value is 0.713. The van der Waals surface area contributed by atoms with Crippen LogP contribution in [0.2, 0.25) is 0 Å². The van der Waals surface area contributed by atoms with E-state index in [4.69, 9.17) is 4.74 Å². The first-order valence-electron chi connectivity index (χ1n) is 1.99. The Morgan fingerprint density at radius 2 is 1.25 bits per heavy atom. The average Bonchev–Trinajstić information content (AvgIpc) is 1.41. The summed E-state index contributed by atoms with van der Waals surface area (Å²) in [6.07, 6.45) is 0. The van der Waals surface area contributed by atoms with Gasteiger partial charge in [-0.25, -0.2) is 0 Å². The summed E-state index contributed by atoms with van der Waals surface area (Å²) in [6.45, 7) is 5.67. The summed E-state index contributed by atoms with van der Waals surface area (Å²) in [5.74, 6) is 0. The zero-order chi connectivity index (χ0) is 4.12. The Labute approximate surface area is 68.5 Å². The molecule has 0 atom stereocenters. The van der Waals surface area contributed by atoms with Crippen LogP contribution in [0.15, 0.2) is 0 Å². The summed E-state index contributed by atoms with van der Waals surface area (Å²) in [7, 11) is 0. The maximum atomic E-state index is 4.83. The van der Waals surface area contributed by atoms with Gasteiger partial charge in [0.2, 0.25) is 0 Å². The van der Waals surface area contributed by atoms with Crippen LogP contribution in [0.3, 0.4) is 0 Å².